The summed E-state index contributed by atoms with van der Waals surface area (Å²) in [4.78, 5) is 11.5. The van der Waals surface area contributed by atoms with Gasteiger partial charge in [-0.15, -0.1) is 0 Å². The minimum absolute atomic E-state index is 0.00657. The Morgan fingerprint density at radius 3 is 2.94 bits per heavy atom. The van der Waals surface area contributed by atoms with Gasteiger partial charge in [-0.1, -0.05) is 22.0 Å². The van der Waals surface area contributed by atoms with Crippen molar-refractivity contribution in [3.05, 3.63) is 28.7 Å². The molecule has 1 unspecified atom stereocenters. The maximum atomic E-state index is 11.5. The van der Waals surface area contributed by atoms with E-state index in [0.717, 1.165) is 10.2 Å². The fourth-order valence-electron chi connectivity index (χ4n) is 1.28. The number of nitrogens with one attached hydrogen (secondary N) is 2. The van der Waals surface area contributed by atoms with Crippen molar-refractivity contribution >= 4 is 21.8 Å². The van der Waals surface area contributed by atoms with Crippen molar-refractivity contribution in [2.24, 2.45) is 0 Å². The van der Waals surface area contributed by atoms with Crippen molar-refractivity contribution in [2.45, 2.75) is 19.4 Å². The lowest BCUT2D eigenvalue weighted by Crippen LogP contribution is -2.37. The van der Waals surface area contributed by atoms with Crippen LogP contribution in [-0.2, 0) is 4.79 Å². The Kier molecular flexibility index (Phi) is 6.75. The molecule has 0 bridgehead atoms. The largest absolute Gasteiger partial charge is 0.493 e. The maximum Gasteiger partial charge on any atom is 0.223 e. The highest BCUT2D eigenvalue weighted by Crippen LogP contribution is 2.17. The van der Waals surface area contributed by atoms with Crippen LogP contribution in [0, 0.1) is 0 Å². The summed E-state index contributed by atoms with van der Waals surface area (Å²) in [6.07, 6.45) is 0.364. The van der Waals surface area contributed by atoms with Gasteiger partial charge in [-0.2, -0.15) is 0 Å². The molecule has 0 saturated heterocycles. The first-order chi connectivity index (χ1) is 8.61. The number of hydrogen-bond donors (Lipinski definition) is 2. The van der Waals surface area contributed by atoms with Crippen LogP contribution in [0.2, 0.25) is 0 Å². The van der Waals surface area contributed by atoms with E-state index in [4.69, 9.17) is 4.74 Å². The van der Waals surface area contributed by atoms with Gasteiger partial charge in [0.1, 0.15) is 5.75 Å². The van der Waals surface area contributed by atoms with Gasteiger partial charge in [0.2, 0.25) is 5.91 Å². The van der Waals surface area contributed by atoms with Gasteiger partial charge in [-0.25, -0.2) is 0 Å². The van der Waals surface area contributed by atoms with Crippen LogP contribution in [0.25, 0.3) is 0 Å². The monoisotopic (exact) mass is 314 g/mol. The molecular weight excluding hydrogens is 296 g/mol. The number of benzene rings is 1. The molecule has 1 rings (SSSR count). The Labute approximate surface area is 116 Å². The fraction of sp³-hybridized carbons (Fsp3) is 0.462. The fourth-order valence-corrected chi connectivity index (χ4v) is 1.65. The highest BCUT2D eigenvalue weighted by Gasteiger charge is 2.04. The summed E-state index contributed by atoms with van der Waals surface area (Å²) in [7, 11) is 1.87. The third kappa shape index (κ3) is 6.02. The van der Waals surface area contributed by atoms with Crippen LogP contribution in [0.5, 0.6) is 5.75 Å². The summed E-state index contributed by atoms with van der Waals surface area (Å²) < 4.78 is 6.45. The second-order valence-electron chi connectivity index (χ2n) is 4.05. The second-order valence-corrected chi connectivity index (χ2v) is 4.97. The molecule has 0 saturated carbocycles. The standard InChI is InChI=1S/C13H19BrN2O2/c1-10(15-2)9-16-13(17)6-7-18-12-5-3-4-11(14)8-12/h3-5,8,10,15H,6-7,9H2,1-2H3,(H,16,17). The summed E-state index contributed by atoms with van der Waals surface area (Å²) in [5.41, 5.74) is 0. The van der Waals surface area contributed by atoms with Gasteiger partial charge in [0.25, 0.3) is 0 Å². The van der Waals surface area contributed by atoms with Gasteiger partial charge >= 0.3 is 0 Å². The molecule has 5 heteroatoms. The van der Waals surface area contributed by atoms with Crippen molar-refractivity contribution < 1.29 is 9.53 Å². The van der Waals surface area contributed by atoms with E-state index in [1.807, 2.05) is 38.2 Å². The zero-order chi connectivity index (χ0) is 13.4. The zero-order valence-electron chi connectivity index (χ0n) is 10.7. The molecule has 0 spiro atoms. The van der Waals surface area contributed by atoms with Crippen LogP contribution < -0.4 is 15.4 Å². The SMILES string of the molecule is CNC(C)CNC(=O)CCOc1cccc(Br)c1. The van der Waals surface area contributed by atoms with Crippen molar-refractivity contribution in [3.63, 3.8) is 0 Å². The number of ether oxygens (including phenoxy) is 1. The summed E-state index contributed by atoms with van der Waals surface area (Å²) in [6.45, 7) is 3.03. The number of carbonyl (C=O) groups excluding carboxylic acids is 1. The molecule has 1 atom stereocenters. The molecule has 1 amide bonds. The Balaban J connectivity index is 2.19. The smallest absolute Gasteiger partial charge is 0.223 e. The minimum Gasteiger partial charge on any atom is -0.493 e. The van der Waals surface area contributed by atoms with Crippen LogP contribution in [0.3, 0.4) is 0 Å². The van der Waals surface area contributed by atoms with Crippen LogP contribution in [0.4, 0.5) is 0 Å². The third-order valence-corrected chi connectivity index (χ3v) is 2.99. The van der Waals surface area contributed by atoms with Crippen molar-refractivity contribution in [3.8, 4) is 5.75 Å². The molecule has 0 aromatic heterocycles. The third-order valence-electron chi connectivity index (χ3n) is 2.49. The quantitative estimate of drug-likeness (QED) is 0.808. The predicted molar refractivity (Wildman–Crippen MR) is 75.8 cm³/mol. The Morgan fingerprint density at radius 2 is 2.28 bits per heavy atom. The maximum absolute atomic E-state index is 11.5. The Hall–Kier alpha value is -1.07. The van der Waals surface area contributed by atoms with Crippen LogP contribution >= 0.6 is 15.9 Å². The van der Waals surface area contributed by atoms with Gasteiger partial charge in [-0.3, -0.25) is 4.79 Å². The average Bonchev–Trinajstić information content (AvgIpc) is 2.36. The van der Waals surface area contributed by atoms with E-state index in [0.29, 0.717) is 19.6 Å². The number of likely N-dealkylation sites (N-methyl/N-ethyl adjacent to an activating group) is 1. The zero-order valence-corrected chi connectivity index (χ0v) is 12.3. The second kappa shape index (κ2) is 8.11. The number of carbonyl (C=O) groups is 1. The van der Waals surface area contributed by atoms with E-state index in [9.17, 15) is 4.79 Å². The number of halogens is 1. The van der Waals surface area contributed by atoms with Crippen LogP contribution in [0.1, 0.15) is 13.3 Å². The van der Waals surface area contributed by atoms with Gasteiger partial charge in [0.15, 0.2) is 0 Å². The molecular formula is C13H19BrN2O2. The molecule has 0 aliphatic carbocycles. The van der Waals surface area contributed by atoms with E-state index >= 15 is 0 Å². The van der Waals surface area contributed by atoms with Crippen molar-refractivity contribution in [1.29, 1.82) is 0 Å². The van der Waals surface area contributed by atoms with Gasteiger partial charge in [0.05, 0.1) is 13.0 Å². The minimum atomic E-state index is 0.00657. The summed E-state index contributed by atoms with van der Waals surface area (Å²) in [5, 5.41) is 5.90. The van der Waals surface area contributed by atoms with Gasteiger partial charge in [0, 0.05) is 17.1 Å². The number of hydrogen-bond acceptors (Lipinski definition) is 3. The molecule has 0 aliphatic rings. The lowest BCUT2D eigenvalue weighted by molar-refractivity contribution is -0.121. The van der Waals surface area contributed by atoms with E-state index in [-0.39, 0.29) is 11.9 Å². The van der Waals surface area contributed by atoms with Gasteiger partial charge in [-0.05, 0) is 32.2 Å². The summed E-state index contributed by atoms with van der Waals surface area (Å²) >= 11 is 3.37. The molecule has 1 aromatic carbocycles. The lowest BCUT2D eigenvalue weighted by atomic mass is 10.3. The van der Waals surface area contributed by atoms with Crippen molar-refractivity contribution in [2.75, 3.05) is 20.2 Å². The molecule has 1 aromatic rings. The summed E-state index contributed by atoms with van der Waals surface area (Å²) in [5.74, 6) is 0.771. The normalized spacial score (nSPS) is 11.9. The first-order valence-corrected chi connectivity index (χ1v) is 6.73. The molecule has 2 N–H and O–H groups in total. The predicted octanol–water partition coefficient (Wildman–Crippen LogP) is 1.94. The topological polar surface area (TPSA) is 50.4 Å². The van der Waals surface area contributed by atoms with Gasteiger partial charge < -0.3 is 15.4 Å². The molecule has 0 fully saturated rings. The summed E-state index contributed by atoms with van der Waals surface area (Å²) in [6, 6.07) is 7.85. The molecule has 0 radical (unpaired) electrons. The Bertz CT molecular complexity index is 385. The van der Waals surface area contributed by atoms with Crippen molar-refractivity contribution in [1.82, 2.24) is 10.6 Å². The van der Waals surface area contributed by atoms with Crippen LogP contribution in [-0.4, -0.2) is 32.1 Å². The number of rotatable bonds is 7. The first kappa shape index (κ1) is 15.0. The molecule has 0 aliphatic heterocycles. The van der Waals surface area contributed by atoms with E-state index in [1.165, 1.54) is 0 Å². The van der Waals surface area contributed by atoms with E-state index in [1.54, 1.807) is 0 Å². The Morgan fingerprint density at radius 1 is 1.50 bits per heavy atom. The highest BCUT2D eigenvalue weighted by atomic mass is 79.9. The van der Waals surface area contributed by atoms with Crippen LogP contribution in [0.15, 0.2) is 28.7 Å². The molecule has 0 heterocycles. The molecule has 100 valence electrons. The molecule has 18 heavy (non-hydrogen) atoms. The van der Waals surface area contributed by atoms with E-state index in [2.05, 4.69) is 26.6 Å². The number of amides is 1. The molecule has 4 nitrogen and oxygen atoms in total. The highest BCUT2D eigenvalue weighted by molar-refractivity contribution is 9.10. The average molecular weight is 315 g/mol. The first-order valence-electron chi connectivity index (χ1n) is 5.94. The van der Waals surface area contributed by atoms with E-state index < -0.39 is 0 Å². The lowest BCUT2D eigenvalue weighted by Gasteiger charge is -2.11.